The van der Waals surface area contributed by atoms with E-state index in [9.17, 15) is 19.2 Å². The lowest BCUT2D eigenvalue weighted by molar-refractivity contribution is -0.117. The van der Waals surface area contributed by atoms with Crippen LogP contribution >= 0.6 is 0 Å². The van der Waals surface area contributed by atoms with Gasteiger partial charge in [0.15, 0.2) is 0 Å². The van der Waals surface area contributed by atoms with Crippen LogP contribution in [0.1, 0.15) is 57.2 Å². The van der Waals surface area contributed by atoms with E-state index in [0.717, 1.165) is 5.56 Å². The van der Waals surface area contributed by atoms with E-state index in [1.54, 1.807) is 51.1 Å². The van der Waals surface area contributed by atoms with E-state index < -0.39 is 23.3 Å². The normalized spacial score (nSPS) is 20.5. The Hall–Kier alpha value is -3.40. The molecular weight excluding hydrogens is 411 g/mol. The molecule has 0 aromatic heterocycles. The van der Waals surface area contributed by atoms with Gasteiger partial charge in [0.2, 0.25) is 0 Å². The molecule has 1 amide bonds. The zero-order valence-corrected chi connectivity index (χ0v) is 18.5. The van der Waals surface area contributed by atoms with E-state index in [1.165, 1.54) is 11.0 Å². The van der Waals surface area contributed by atoms with Crippen LogP contribution < -0.4 is 4.74 Å². The third kappa shape index (κ3) is 5.08. The summed E-state index contributed by atoms with van der Waals surface area (Å²) >= 11 is 0. The van der Waals surface area contributed by atoms with Crippen molar-refractivity contribution in [1.82, 2.24) is 4.90 Å². The number of carbonyl (C=O) groups is 2. The van der Waals surface area contributed by atoms with Crippen molar-refractivity contribution >= 4 is 12.4 Å². The number of benzene rings is 2. The van der Waals surface area contributed by atoms with Crippen molar-refractivity contribution in [3.05, 3.63) is 65.5 Å². The number of halogens is 1. The molecule has 32 heavy (non-hydrogen) atoms. The minimum atomic E-state index is -1.22. The average Bonchev–Trinajstić information content (AvgIpc) is 3.12. The Bertz CT molecular complexity index is 1010. The predicted molar refractivity (Wildman–Crippen MR) is 116 cm³/mol. The Labute approximate surface area is 187 Å². The first-order chi connectivity index (χ1) is 15.2. The van der Waals surface area contributed by atoms with Crippen LogP contribution in [0.4, 0.5) is 9.18 Å². The fraction of sp³-hybridized carbons (Fsp3) is 0.400. The molecular formula is C25H27FN2O4. The van der Waals surface area contributed by atoms with Gasteiger partial charge in [0.1, 0.15) is 35.6 Å². The fourth-order valence-electron chi connectivity index (χ4n) is 3.91. The SMILES string of the molecule is CC(C)(C)OC(=O)N1[C@@H](c2ccc(OCc3ccccc3F)cc2)CC[C@]1(C=O)CC#N. The van der Waals surface area contributed by atoms with Gasteiger partial charge in [-0.3, -0.25) is 4.90 Å². The van der Waals surface area contributed by atoms with E-state index in [4.69, 9.17) is 9.47 Å². The summed E-state index contributed by atoms with van der Waals surface area (Å²) < 4.78 is 25.0. The zero-order chi connectivity index (χ0) is 23.4. The molecule has 3 rings (SSSR count). The summed E-state index contributed by atoms with van der Waals surface area (Å²) in [6.07, 6.45) is 0.860. The predicted octanol–water partition coefficient (Wildman–Crippen LogP) is 5.33. The van der Waals surface area contributed by atoms with E-state index in [1.807, 2.05) is 18.2 Å². The van der Waals surface area contributed by atoms with Crippen LogP contribution in [0.25, 0.3) is 0 Å². The molecule has 2 atom stereocenters. The van der Waals surface area contributed by atoms with Crippen LogP contribution in [-0.4, -0.2) is 28.4 Å². The first-order valence-corrected chi connectivity index (χ1v) is 10.5. The fourth-order valence-corrected chi connectivity index (χ4v) is 3.91. The summed E-state index contributed by atoms with van der Waals surface area (Å²) in [5, 5.41) is 9.29. The molecule has 2 aromatic carbocycles. The van der Waals surface area contributed by atoms with Crippen LogP contribution in [0.3, 0.4) is 0 Å². The minimum Gasteiger partial charge on any atom is -0.489 e. The highest BCUT2D eigenvalue weighted by Gasteiger charge is 2.51. The molecule has 1 aliphatic heterocycles. The highest BCUT2D eigenvalue weighted by atomic mass is 19.1. The topological polar surface area (TPSA) is 79.6 Å². The number of rotatable bonds is 6. The molecule has 0 bridgehead atoms. The van der Waals surface area contributed by atoms with Crippen LogP contribution in [0.5, 0.6) is 5.75 Å². The standard InChI is InChI=1S/C25H27FN2O4/c1-24(2,3)32-23(30)28-22(12-13-25(28,17-29)14-15-27)18-8-10-20(11-9-18)31-16-19-6-4-5-7-21(19)26/h4-11,17,22H,12-14,16H2,1-3H3/t22-,25-/m1/s1. The summed E-state index contributed by atoms with van der Waals surface area (Å²) in [6, 6.07) is 15.1. The second-order valence-corrected chi connectivity index (χ2v) is 8.91. The van der Waals surface area contributed by atoms with Gasteiger partial charge < -0.3 is 14.3 Å². The van der Waals surface area contributed by atoms with E-state index >= 15 is 0 Å². The van der Waals surface area contributed by atoms with E-state index in [2.05, 4.69) is 0 Å². The van der Waals surface area contributed by atoms with Gasteiger partial charge in [-0.1, -0.05) is 30.3 Å². The van der Waals surface area contributed by atoms with Gasteiger partial charge in [0, 0.05) is 5.56 Å². The van der Waals surface area contributed by atoms with Gasteiger partial charge in [-0.05, 0) is 57.4 Å². The molecule has 168 valence electrons. The Balaban J connectivity index is 1.81. The largest absolute Gasteiger partial charge is 0.489 e. The molecule has 1 aliphatic rings. The highest BCUT2D eigenvalue weighted by Crippen LogP contribution is 2.44. The Morgan fingerprint density at radius 3 is 2.53 bits per heavy atom. The molecule has 0 unspecified atom stereocenters. The first kappa shape index (κ1) is 23.3. The van der Waals surface area contributed by atoms with Crippen LogP contribution in [0, 0.1) is 17.1 Å². The van der Waals surface area contributed by atoms with Gasteiger partial charge in [0.25, 0.3) is 0 Å². The third-order valence-corrected chi connectivity index (χ3v) is 5.45. The summed E-state index contributed by atoms with van der Waals surface area (Å²) in [6.45, 7) is 5.36. The van der Waals surface area contributed by atoms with Gasteiger partial charge >= 0.3 is 6.09 Å². The van der Waals surface area contributed by atoms with Gasteiger partial charge in [-0.15, -0.1) is 0 Å². The second-order valence-electron chi connectivity index (χ2n) is 8.91. The van der Waals surface area contributed by atoms with Crippen molar-refractivity contribution in [3.8, 4) is 11.8 Å². The van der Waals surface area contributed by atoms with Crippen molar-refractivity contribution in [2.24, 2.45) is 0 Å². The number of carbonyl (C=O) groups excluding carboxylic acids is 2. The molecule has 7 heteroatoms. The second kappa shape index (κ2) is 9.39. The summed E-state index contributed by atoms with van der Waals surface area (Å²) in [5.41, 5.74) is -0.705. The summed E-state index contributed by atoms with van der Waals surface area (Å²) in [7, 11) is 0. The lowest BCUT2D eigenvalue weighted by Gasteiger charge is -2.37. The van der Waals surface area contributed by atoms with Crippen molar-refractivity contribution in [1.29, 1.82) is 5.26 Å². The first-order valence-electron chi connectivity index (χ1n) is 10.5. The lowest BCUT2D eigenvalue weighted by Crippen LogP contribution is -2.51. The number of nitriles is 1. The molecule has 0 radical (unpaired) electrons. The van der Waals surface area contributed by atoms with Crippen LogP contribution in [-0.2, 0) is 16.1 Å². The number of nitrogens with zero attached hydrogens (tertiary/aromatic N) is 2. The third-order valence-electron chi connectivity index (χ3n) is 5.45. The summed E-state index contributed by atoms with van der Waals surface area (Å²) in [4.78, 5) is 26.5. The number of hydrogen-bond acceptors (Lipinski definition) is 5. The Morgan fingerprint density at radius 2 is 1.94 bits per heavy atom. The molecule has 0 aliphatic carbocycles. The molecule has 2 aromatic rings. The Morgan fingerprint density at radius 1 is 1.25 bits per heavy atom. The van der Waals surface area contributed by atoms with Crippen molar-refractivity contribution in [2.45, 2.75) is 63.8 Å². The van der Waals surface area contributed by atoms with Crippen LogP contribution in [0.15, 0.2) is 48.5 Å². The number of likely N-dealkylation sites (tertiary alicyclic amines) is 1. The molecule has 0 N–H and O–H groups in total. The smallest absolute Gasteiger partial charge is 0.411 e. The molecule has 1 heterocycles. The molecule has 1 fully saturated rings. The number of ether oxygens (including phenoxy) is 2. The lowest BCUT2D eigenvalue weighted by atomic mass is 9.95. The minimum absolute atomic E-state index is 0.0932. The molecule has 0 spiro atoms. The van der Waals surface area contributed by atoms with Crippen molar-refractivity contribution < 1.29 is 23.5 Å². The van der Waals surface area contributed by atoms with Gasteiger partial charge in [-0.25, -0.2) is 9.18 Å². The average molecular weight is 438 g/mol. The molecule has 0 saturated carbocycles. The maximum absolute atomic E-state index is 13.8. The zero-order valence-electron chi connectivity index (χ0n) is 18.5. The summed E-state index contributed by atoms with van der Waals surface area (Å²) in [5.74, 6) is 0.225. The van der Waals surface area contributed by atoms with Gasteiger partial charge in [0.05, 0.1) is 18.5 Å². The van der Waals surface area contributed by atoms with E-state index in [0.29, 0.717) is 30.4 Å². The van der Waals surface area contributed by atoms with Crippen LogP contribution in [0.2, 0.25) is 0 Å². The number of hydrogen-bond donors (Lipinski definition) is 0. The monoisotopic (exact) mass is 438 g/mol. The number of aldehydes is 1. The quantitative estimate of drug-likeness (QED) is 0.570. The Kier molecular flexibility index (Phi) is 6.83. The highest BCUT2D eigenvalue weighted by molar-refractivity contribution is 5.79. The van der Waals surface area contributed by atoms with E-state index in [-0.39, 0.29) is 18.8 Å². The maximum atomic E-state index is 13.8. The number of amides is 1. The molecule has 1 saturated heterocycles. The maximum Gasteiger partial charge on any atom is 0.411 e. The van der Waals surface area contributed by atoms with Crippen molar-refractivity contribution in [2.75, 3.05) is 0 Å². The molecule has 6 nitrogen and oxygen atoms in total. The van der Waals surface area contributed by atoms with Gasteiger partial charge in [-0.2, -0.15) is 5.26 Å². The van der Waals surface area contributed by atoms with Crippen molar-refractivity contribution in [3.63, 3.8) is 0 Å².